The lowest BCUT2D eigenvalue weighted by Crippen LogP contribution is -2.08. The summed E-state index contributed by atoms with van der Waals surface area (Å²) in [6.07, 6.45) is 4.52. The summed E-state index contributed by atoms with van der Waals surface area (Å²) >= 11 is 1.72. The maximum Gasteiger partial charge on any atom is 0.190 e. The number of hydrogen-bond donors (Lipinski definition) is 0. The van der Waals surface area contributed by atoms with E-state index in [0.717, 1.165) is 17.5 Å². The molecule has 0 spiro atoms. The van der Waals surface area contributed by atoms with Crippen molar-refractivity contribution in [1.29, 1.82) is 0 Å². The second kappa shape index (κ2) is 4.11. The van der Waals surface area contributed by atoms with Gasteiger partial charge in [-0.05, 0) is 12.8 Å². The largest absolute Gasteiger partial charge is 0.377 e. The van der Waals surface area contributed by atoms with Gasteiger partial charge in [0.15, 0.2) is 5.16 Å². The van der Waals surface area contributed by atoms with Crippen LogP contribution in [0.2, 0.25) is 0 Å². The molecule has 1 aliphatic heterocycles. The first kappa shape index (κ1) is 9.02. The molecule has 0 bridgehead atoms. The molecule has 1 saturated heterocycles. The van der Waals surface area contributed by atoms with Crippen LogP contribution in [0.1, 0.15) is 12.8 Å². The Hall–Kier alpha value is -0.550. The monoisotopic (exact) mass is 199 g/mol. The molecular formula is C8H13N3OS. The minimum Gasteiger partial charge on any atom is -0.377 e. The third-order valence-electron chi connectivity index (χ3n) is 2.09. The van der Waals surface area contributed by atoms with Crippen molar-refractivity contribution < 1.29 is 4.74 Å². The smallest absolute Gasteiger partial charge is 0.190 e. The van der Waals surface area contributed by atoms with Crippen LogP contribution in [0.3, 0.4) is 0 Å². The van der Waals surface area contributed by atoms with E-state index in [-0.39, 0.29) is 0 Å². The van der Waals surface area contributed by atoms with E-state index in [9.17, 15) is 0 Å². The number of nitrogens with zero attached hydrogens (tertiary/aromatic N) is 3. The summed E-state index contributed by atoms with van der Waals surface area (Å²) in [5.74, 6) is 0.993. The summed E-state index contributed by atoms with van der Waals surface area (Å²) < 4.78 is 7.44. The van der Waals surface area contributed by atoms with Crippen molar-refractivity contribution in [1.82, 2.24) is 14.8 Å². The predicted octanol–water partition coefficient (Wildman–Crippen LogP) is 1.09. The lowest BCUT2D eigenvalue weighted by atomic mass is 10.3. The van der Waals surface area contributed by atoms with Crippen LogP contribution >= 0.6 is 11.8 Å². The summed E-state index contributed by atoms with van der Waals surface area (Å²) in [5.41, 5.74) is 0. The van der Waals surface area contributed by atoms with Gasteiger partial charge in [0, 0.05) is 19.4 Å². The number of thioether (sulfide) groups is 1. The number of aromatic nitrogens is 3. The van der Waals surface area contributed by atoms with Crippen molar-refractivity contribution in [2.24, 2.45) is 7.05 Å². The summed E-state index contributed by atoms with van der Waals surface area (Å²) in [7, 11) is 1.96. The first-order valence-electron chi connectivity index (χ1n) is 4.44. The Kier molecular flexibility index (Phi) is 2.85. The van der Waals surface area contributed by atoms with Crippen LogP contribution in [0, 0.1) is 0 Å². The highest BCUT2D eigenvalue weighted by Crippen LogP contribution is 2.21. The van der Waals surface area contributed by atoms with Gasteiger partial charge in [0.2, 0.25) is 0 Å². The molecule has 0 amide bonds. The molecule has 5 heteroatoms. The SMILES string of the molecule is Cn1cnnc1SC[C@@H]1CCCO1. The molecule has 72 valence electrons. The van der Waals surface area contributed by atoms with Crippen molar-refractivity contribution in [2.45, 2.75) is 24.1 Å². The molecule has 2 rings (SSSR count). The van der Waals surface area contributed by atoms with E-state index >= 15 is 0 Å². The van der Waals surface area contributed by atoms with Crippen molar-refractivity contribution in [2.75, 3.05) is 12.4 Å². The third kappa shape index (κ3) is 2.22. The first-order valence-corrected chi connectivity index (χ1v) is 5.43. The average molecular weight is 199 g/mol. The molecule has 0 radical (unpaired) electrons. The van der Waals surface area contributed by atoms with E-state index in [1.165, 1.54) is 12.8 Å². The Labute approximate surface area is 81.7 Å². The summed E-state index contributed by atoms with van der Waals surface area (Å²) in [5, 5.41) is 8.78. The van der Waals surface area contributed by atoms with Crippen LogP contribution < -0.4 is 0 Å². The van der Waals surface area contributed by atoms with Gasteiger partial charge >= 0.3 is 0 Å². The topological polar surface area (TPSA) is 39.9 Å². The lowest BCUT2D eigenvalue weighted by Gasteiger charge is -2.07. The van der Waals surface area contributed by atoms with E-state index in [1.807, 2.05) is 11.6 Å². The van der Waals surface area contributed by atoms with Gasteiger partial charge in [0.05, 0.1) is 6.10 Å². The van der Waals surface area contributed by atoms with Gasteiger partial charge in [-0.2, -0.15) is 0 Å². The Bertz CT molecular complexity index is 270. The van der Waals surface area contributed by atoms with Crippen LogP contribution in [0.15, 0.2) is 11.5 Å². The Morgan fingerprint density at radius 3 is 3.31 bits per heavy atom. The number of rotatable bonds is 3. The van der Waals surface area contributed by atoms with Gasteiger partial charge in [0.25, 0.3) is 0 Å². The Balaban J connectivity index is 1.82. The van der Waals surface area contributed by atoms with E-state index in [0.29, 0.717) is 6.10 Å². The minimum absolute atomic E-state index is 0.418. The maximum absolute atomic E-state index is 5.51. The summed E-state index contributed by atoms with van der Waals surface area (Å²) in [4.78, 5) is 0. The summed E-state index contributed by atoms with van der Waals surface area (Å²) in [6.45, 7) is 0.921. The van der Waals surface area contributed by atoms with Crippen LogP contribution in [-0.2, 0) is 11.8 Å². The second-order valence-electron chi connectivity index (χ2n) is 3.17. The zero-order valence-corrected chi connectivity index (χ0v) is 8.46. The van der Waals surface area contributed by atoms with Gasteiger partial charge in [-0.15, -0.1) is 10.2 Å². The van der Waals surface area contributed by atoms with Crippen LogP contribution in [0.5, 0.6) is 0 Å². The van der Waals surface area contributed by atoms with Crippen LogP contribution in [0.25, 0.3) is 0 Å². The predicted molar refractivity (Wildman–Crippen MR) is 50.7 cm³/mol. The zero-order chi connectivity index (χ0) is 9.10. The fourth-order valence-corrected chi connectivity index (χ4v) is 2.30. The van der Waals surface area contributed by atoms with E-state index in [2.05, 4.69) is 10.2 Å². The average Bonchev–Trinajstić information content (AvgIpc) is 2.72. The van der Waals surface area contributed by atoms with Gasteiger partial charge in [-0.3, -0.25) is 0 Å². The highest BCUT2D eigenvalue weighted by Gasteiger charge is 2.16. The molecule has 1 aliphatic rings. The molecule has 0 unspecified atom stereocenters. The molecule has 0 aromatic carbocycles. The molecule has 4 nitrogen and oxygen atoms in total. The van der Waals surface area contributed by atoms with Crippen molar-refractivity contribution in [3.05, 3.63) is 6.33 Å². The molecule has 2 heterocycles. The third-order valence-corrected chi connectivity index (χ3v) is 3.26. The molecule has 1 fully saturated rings. The fourth-order valence-electron chi connectivity index (χ4n) is 1.35. The van der Waals surface area contributed by atoms with E-state index < -0.39 is 0 Å². The van der Waals surface area contributed by atoms with Gasteiger partial charge in [0.1, 0.15) is 6.33 Å². The highest BCUT2D eigenvalue weighted by molar-refractivity contribution is 7.99. The standard InChI is InChI=1S/C8H13N3OS/c1-11-6-9-10-8(11)13-5-7-3-2-4-12-7/h6-7H,2-5H2,1H3/t7-/m0/s1. The quantitative estimate of drug-likeness (QED) is 0.683. The molecule has 13 heavy (non-hydrogen) atoms. The van der Waals surface area contributed by atoms with Crippen LogP contribution in [-0.4, -0.2) is 33.2 Å². The highest BCUT2D eigenvalue weighted by atomic mass is 32.2. The van der Waals surface area contributed by atoms with Gasteiger partial charge < -0.3 is 9.30 Å². The van der Waals surface area contributed by atoms with Gasteiger partial charge in [-0.25, -0.2) is 0 Å². The first-order chi connectivity index (χ1) is 6.36. The number of ether oxygens (including phenoxy) is 1. The van der Waals surface area contributed by atoms with Crippen molar-refractivity contribution >= 4 is 11.8 Å². The molecule has 1 aromatic heterocycles. The van der Waals surface area contributed by atoms with Crippen molar-refractivity contribution in [3.63, 3.8) is 0 Å². The van der Waals surface area contributed by atoms with E-state index in [4.69, 9.17) is 4.74 Å². The molecule has 1 aromatic rings. The van der Waals surface area contributed by atoms with Crippen LogP contribution in [0.4, 0.5) is 0 Å². The number of aryl methyl sites for hydroxylation is 1. The Morgan fingerprint density at radius 2 is 2.69 bits per heavy atom. The fraction of sp³-hybridized carbons (Fsp3) is 0.750. The molecule has 0 N–H and O–H groups in total. The van der Waals surface area contributed by atoms with Crippen molar-refractivity contribution in [3.8, 4) is 0 Å². The maximum atomic E-state index is 5.51. The molecule has 1 atom stereocenters. The Morgan fingerprint density at radius 1 is 1.77 bits per heavy atom. The molecular weight excluding hydrogens is 186 g/mol. The zero-order valence-electron chi connectivity index (χ0n) is 7.64. The second-order valence-corrected chi connectivity index (χ2v) is 4.16. The molecule has 0 aliphatic carbocycles. The van der Waals surface area contributed by atoms with Gasteiger partial charge in [-0.1, -0.05) is 11.8 Å². The van der Waals surface area contributed by atoms with E-state index in [1.54, 1.807) is 18.1 Å². The summed E-state index contributed by atoms with van der Waals surface area (Å²) in [6, 6.07) is 0. The number of hydrogen-bond acceptors (Lipinski definition) is 4. The normalized spacial score (nSPS) is 22.4. The minimum atomic E-state index is 0.418. The molecule has 0 saturated carbocycles. The lowest BCUT2D eigenvalue weighted by molar-refractivity contribution is 0.129.